The lowest BCUT2D eigenvalue weighted by atomic mass is 10.2. The molecule has 0 bridgehead atoms. The maximum Gasteiger partial charge on any atom is 0.406 e. The lowest BCUT2D eigenvalue weighted by Gasteiger charge is -2.06. The van der Waals surface area contributed by atoms with Crippen molar-refractivity contribution in [2.24, 2.45) is 0 Å². The molecule has 0 aliphatic carbocycles. The molecule has 102 valence electrons. The minimum atomic E-state index is -1.07. The third-order valence-corrected chi connectivity index (χ3v) is 2.20. The predicted octanol–water partition coefficient (Wildman–Crippen LogP) is 1.07. The third-order valence-electron chi connectivity index (χ3n) is 2.20. The first-order valence-corrected chi connectivity index (χ1v) is 5.48. The molecule has 2 amide bonds. The molecule has 1 aromatic carbocycles. The summed E-state index contributed by atoms with van der Waals surface area (Å²) in [6.07, 6.45) is -0.549. The van der Waals surface area contributed by atoms with E-state index in [0.29, 0.717) is 5.69 Å². The van der Waals surface area contributed by atoms with E-state index in [0.717, 1.165) is 0 Å². The lowest BCUT2D eigenvalue weighted by Crippen LogP contribution is -2.27. The van der Waals surface area contributed by atoms with Gasteiger partial charge in [0, 0.05) is 18.7 Å². The number of nitrogens with one attached hydrogen (secondary N) is 2. The fourth-order valence-corrected chi connectivity index (χ4v) is 1.30. The molecule has 7 nitrogen and oxygen atoms in total. The van der Waals surface area contributed by atoms with Crippen molar-refractivity contribution in [2.45, 2.75) is 6.42 Å². The van der Waals surface area contributed by atoms with E-state index in [1.54, 1.807) is 6.07 Å². The van der Waals surface area contributed by atoms with Crippen molar-refractivity contribution in [3.8, 4) is 0 Å². The highest BCUT2D eigenvalue weighted by atomic mass is 16.5. The topological polar surface area (TPSA) is 105 Å². The third kappa shape index (κ3) is 5.07. The fraction of sp³-hybridized carbons (Fsp3) is 0.250. The number of anilines is 1. The minimum Gasteiger partial charge on any atom is -0.478 e. The van der Waals surface area contributed by atoms with Gasteiger partial charge in [0.2, 0.25) is 5.91 Å². The average Bonchev–Trinajstić information content (AvgIpc) is 2.38. The monoisotopic (exact) mass is 266 g/mol. The summed E-state index contributed by atoms with van der Waals surface area (Å²) in [5.74, 6) is -1.40. The van der Waals surface area contributed by atoms with Gasteiger partial charge in [-0.05, 0) is 18.2 Å². The molecular formula is C12H14N2O5. The van der Waals surface area contributed by atoms with E-state index in [9.17, 15) is 14.4 Å². The highest BCUT2D eigenvalue weighted by Gasteiger charge is 2.07. The Balaban J connectivity index is 2.46. The van der Waals surface area contributed by atoms with Crippen LogP contribution in [0.3, 0.4) is 0 Å². The number of hydrogen-bond acceptors (Lipinski definition) is 4. The molecule has 7 heteroatoms. The Morgan fingerprint density at radius 1 is 1.32 bits per heavy atom. The number of rotatable bonds is 5. The van der Waals surface area contributed by atoms with Crippen LogP contribution in [-0.4, -0.2) is 36.7 Å². The van der Waals surface area contributed by atoms with Crippen LogP contribution in [0.1, 0.15) is 16.8 Å². The Hall–Kier alpha value is -2.57. The van der Waals surface area contributed by atoms with E-state index >= 15 is 0 Å². The first-order valence-electron chi connectivity index (χ1n) is 5.48. The Morgan fingerprint density at radius 2 is 2.05 bits per heavy atom. The maximum atomic E-state index is 11.5. The molecule has 0 heterocycles. The number of alkyl carbamates (subject to hydrolysis) is 1. The Labute approximate surface area is 109 Å². The van der Waals surface area contributed by atoms with E-state index in [1.165, 1.54) is 25.3 Å². The van der Waals surface area contributed by atoms with Gasteiger partial charge in [0.1, 0.15) is 0 Å². The molecule has 1 aromatic rings. The van der Waals surface area contributed by atoms with Crippen molar-refractivity contribution >= 4 is 23.7 Å². The quantitative estimate of drug-likeness (QED) is 0.739. The molecule has 0 saturated carbocycles. The molecule has 0 atom stereocenters. The second-order valence-corrected chi connectivity index (χ2v) is 3.60. The molecular weight excluding hydrogens is 252 g/mol. The normalized spacial score (nSPS) is 9.53. The zero-order chi connectivity index (χ0) is 14.3. The number of benzene rings is 1. The molecule has 0 unspecified atom stereocenters. The van der Waals surface area contributed by atoms with Crippen LogP contribution in [0.25, 0.3) is 0 Å². The number of hydrogen-bond donors (Lipinski definition) is 3. The number of carboxylic acid groups (broad SMARTS) is 1. The summed E-state index contributed by atoms with van der Waals surface area (Å²) in [6, 6.07) is 5.90. The van der Waals surface area contributed by atoms with E-state index < -0.39 is 12.1 Å². The summed E-state index contributed by atoms with van der Waals surface area (Å²) in [6.45, 7) is 0.136. The Morgan fingerprint density at radius 3 is 2.68 bits per heavy atom. The van der Waals surface area contributed by atoms with Crippen LogP contribution < -0.4 is 10.6 Å². The summed E-state index contributed by atoms with van der Waals surface area (Å²) in [4.78, 5) is 33.0. The minimum absolute atomic E-state index is 0.0619. The number of carboxylic acids is 1. The van der Waals surface area contributed by atoms with Gasteiger partial charge in [-0.3, -0.25) is 4.79 Å². The van der Waals surface area contributed by atoms with E-state index in [-0.39, 0.29) is 24.4 Å². The molecule has 0 aromatic heterocycles. The molecule has 0 aliphatic heterocycles. The van der Waals surface area contributed by atoms with E-state index in [4.69, 9.17) is 5.11 Å². The van der Waals surface area contributed by atoms with E-state index in [2.05, 4.69) is 15.4 Å². The smallest absolute Gasteiger partial charge is 0.406 e. The first-order chi connectivity index (χ1) is 9.02. The molecule has 0 fully saturated rings. The Bertz CT molecular complexity index is 487. The number of carbonyl (C=O) groups excluding carboxylic acids is 2. The molecule has 3 N–H and O–H groups in total. The van der Waals surface area contributed by atoms with Crippen LogP contribution in [0.15, 0.2) is 24.3 Å². The highest BCUT2D eigenvalue weighted by Crippen LogP contribution is 2.10. The van der Waals surface area contributed by atoms with Crippen molar-refractivity contribution in [2.75, 3.05) is 19.0 Å². The maximum absolute atomic E-state index is 11.5. The molecule has 0 spiro atoms. The second-order valence-electron chi connectivity index (χ2n) is 3.60. The molecule has 19 heavy (non-hydrogen) atoms. The van der Waals surface area contributed by atoms with Crippen molar-refractivity contribution in [3.05, 3.63) is 29.8 Å². The van der Waals surface area contributed by atoms with Crippen LogP contribution in [0.5, 0.6) is 0 Å². The predicted molar refractivity (Wildman–Crippen MR) is 67.1 cm³/mol. The Kier molecular flexibility index (Phi) is 5.34. The number of aromatic carboxylic acids is 1. The van der Waals surface area contributed by atoms with Crippen molar-refractivity contribution in [3.63, 3.8) is 0 Å². The van der Waals surface area contributed by atoms with Gasteiger partial charge in [-0.1, -0.05) is 6.07 Å². The molecule has 0 radical (unpaired) electrons. The zero-order valence-corrected chi connectivity index (χ0v) is 10.3. The lowest BCUT2D eigenvalue weighted by molar-refractivity contribution is -0.116. The zero-order valence-electron chi connectivity index (χ0n) is 10.3. The number of methoxy groups -OCH3 is 1. The summed E-state index contributed by atoms with van der Waals surface area (Å²) in [5.41, 5.74) is 0.480. The van der Waals surface area contributed by atoms with Crippen molar-refractivity contribution in [1.29, 1.82) is 0 Å². The number of ether oxygens (including phenoxy) is 1. The average molecular weight is 266 g/mol. The van der Waals surface area contributed by atoms with Crippen LogP contribution in [-0.2, 0) is 9.53 Å². The fourth-order valence-electron chi connectivity index (χ4n) is 1.30. The highest BCUT2D eigenvalue weighted by molar-refractivity contribution is 5.94. The summed E-state index contributed by atoms with van der Waals surface area (Å²) in [5, 5.41) is 13.7. The van der Waals surface area contributed by atoms with Gasteiger partial charge in [0.05, 0.1) is 12.7 Å². The summed E-state index contributed by atoms with van der Waals surface area (Å²) < 4.78 is 4.35. The largest absolute Gasteiger partial charge is 0.478 e. The van der Waals surface area contributed by atoms with Crippen LogP contribution in [0, 0.1) is 0 Å². The van der Waals surface area contributed by atoms with Crippen molar-refractivity contribution < 1.29 is 24.2 Å². The summed E-state index contributed by atoms with van der Waals surface area (Å²) >= 11 is 0. The van der Waals surface area contributed by atoms with Gasteiger partial charge in [0.25, 0.3) is 0 Å². The van der Waals surface area contributed by atoms with Gasteiger partial charge in [-0.15, -0.1) is 0 Å². The molecule has 1 rings (SSSR count). The summed E-state index contributed by atoms with van der Waals surface area (Å²) in [7, 11) is 1.23. The van der Waals surface area contributed by atoms with Crippen LogP contribution in [0.4, 0.5) is 10.5 Å². The molecule has 0 aliphatic rings. The SMILES string of the molecule is COC(=O)NCCC(=O)Nc1cccc(C(=O)O)c1. The van der Waals surface area contributed by atoms with Crippen molar-refractivity contribution in [1.82, 2.24) is 5.32 Å². The number of amides is 2. The second kappa shape index (κ2) is 7.00. The van der Waals surface area contributed by atoms with Gasteiger partial charge in [-0.25, -0.2) is 9.59 Å². The van der Waals surface area contributed by atoms with Crippen LogP contribution in [0.2, 0.25) is 0 Å². The van der Waals surface area contributed by atoms with Gasteiger partial charge in [-0.2, -0.15) is 0 Å². The number of carbonyl (C=O) groups is 3. The van der Waals surface area contributed by atoms with Gasteiger partial charge < -0.3 is 20.5 Å². The van der Waals surface area contributed by atoms with Gasteiger partial charge in [0.15, 0.2) is 0 Å². The first kappa shape index (κ1) is 14.5. The van der Waals surface area contributed by atoms with Crippen LogP contribution >= 0.6 is 0 Å². The van der Waals surface area contributed by atoms with E-state index in [1.807, 2.05) is 0 Å². The molecule has 0 saturated heterocycles. The van der Waals surface area contributed by atoms with Gasteiger partial charge >= 0.3 is 12.1 Å². The standard InChI is InChI=1S/C12H14N2O5/c1-19-12(18)13-6-5-10(15)14-9-4-2-3-8(7-9)11(16)17/h2-4,7H,5-6H2,1H3,(H,13,18)(H,14,15)(H,16,17).